The van der Waals surface area contributed by atoms with Gasteiger partial charge in [-0.05, 0) is 25.1 Å². The maximum absolute atomic E-state index is 11.0. The number of anilines is 1. The zero-order valence-corrected chi connectivity index (χ0v) is 10.9. The van der Waals surface area contributed by atoms with Crippen molar-refractivity contribution in [1.82, 2.24) is 4.98 Å². The molecular weight excluding hydrogens is 260 g/mol. The van der Waals surface area contributed by atoms with Crippen molar-refractivity contribution in [3.05, 3.63) is 40.6 Å². The fraction of sp³-hybridized carbons (Fsp3) is 0.231. The van der Waals surface area contributed by atoms with Crippen molar-refractivity contribution in [2.45, 2.75) is 19.4 Å². The van der Waals surface area contributed by atoms with Crippen molar-refractivity contribution in [1.29, 1.82) is 0 Å². The zero-order chi connectivity index (χ0) is 14.7. The van der Waals surface area contributed by atoms with Gasteiger partial charge in [0.1, 0.15) is 5.52 Å². The molecule has 0 fully saturated rings. The van der Waals surface area contributed by atoms with Crippen LogP contribution in [0.5, 0.6) is 0 Å². The second-order valence-electron chi connectivity index (χ2n) is 4.50. The Morgan fingerprint density at radius 2 is 2.25 bits per heavy atom. The summed E-state index contributed by atoms with van der Waals surface area (Å²) in [6, 6.07) is 6.29. The van der Waals surface area contributed by atoms with Crippen molar-refractivity contribution in [3.63, 3.8) is 0 Å². The normalized spacial score (nSPS) is 12.1. The van der Waals surface area contributed by atoms with Gasteiger partial charge in [0.05, 0.1) is 4.92 Å². The van der Waals surface area contributed by atoms with E-state index in [0.717, 1.165) is 0 Å². The topological polar surface area (TPSA) is 111 Å². The third-order valence-electron chi connectivity index (χ3n) is 2.85. The second-order valence-corrected chi connectivity index (χ2v) is 4.50. The van der Waals surface area contributed by atoms with Gasteiger partial charge in [-0.2, -0.15) is 0 Å². The van der Waals surface area contributed by atoms with E-state index in [4.69, 9.17) is 5.73 Å². The minimum atomic E-state index is -0.466. The highest BCUT2D eigenvalue weighted by Crippen LogP contribution is 2.30. The van der Waals surface area contributed by atoms with Gasteiger partial charge >= 0.3 is 0 Å². The predicted molar refractivity (Wildman–Crippen MR) is 75.3 cm³/mol. The lowest BCUT2D eigenvalue weighted by Gasteiger charge is -2.15. The van der Waals surface area contributed by atoms with Gasteiger partial charge in [0.15, 0.2) is 0 Å². The molecule has 0 spiro atoms. The molecule has 2 aromatic rings. The smallest absolute Gasteiger partial charge is 0.295 e. The minimum Gasteiger partial charge on any atom is -0.382 e. The Bertz CT molecular complexity index is 672. The Kier molecular flexibility index (Phi) is 3.79. The van der Waals surface area contributed by atoms with Crippen LogP contribution < -0.4 is 11.1 Å². The number of carbonyl (C=O) groups is 1. The first kappa shape index (κ1) is 13.7. The number of carbonyl (C=O) groups excluding carboxylic acids is 1. The largest absolute Gasteiger partial charge is 0.382 e. The van der Waals surface area contributed by atoms with Gasteiger partial charge in [-0.25, -0.2) is 4.98 Å². The number of aromatic nitrogens is 1. The molecule has 0 saturated carbocycles. The number of hydrogen-bond donors (Lipinski definition) is 2. The molecule has 0 bridgehead atoms. The number of nitrogens with zero attached hydrogens (tertiary/aromatic N) is 2. The number of rotatable bonds is 5. The van der Waals surface area contributed by atoms with Crippen molar-refractivity contribution >= 4 is 28.2 Å². The van der Waals surface area contributed by atoms with Crippen molar-refractivity contribution < 1.29 is 9.72 Å². The summed E-state index contributed by atoms with van der Waals surface area (Å²) in [4.78, 5) is 25.5. The van der Waals surface area contributed by atoms with Crippen molar-refractivity contribution in [2.75, 3.05) is 5.32 Å². The second kappa shape index (κ2) is 5.52. The molecule has 0 aliphatic heterocycles. The molecule has 0 aliphatic rings. The molecule has 1 heterocycles. The number of non-ortho nitro benzene ring substituents is 1. The van der Waals surface area contributed by atoms with Crippen LogP contribution in [0.25, 0.3) is 10.9 Å². The van der Waals surface area contributed by atoms with Gasteiger partial charge in [-0.3, -0.25) is 14.9 Å². The number of nitro benzene ring substituents is 1. The lowest BCUT2D eigenvalue weighted by atomic mass is 10.1. The van der Waals surface area contributed by atoms with E-state index in [-0.39, 0.29) is 18.2 Å². The third kappa shape index (κ3) is 2.82. The fourth-order valence-electron chi connectivity index (χ4n) is 2.05. The van der Waals surface area contributed by atoms with Crippen LogP contribution in [0.15, 0.2) is 30.5 Å². The molecule has 7 nitrogen and oxygen atoms in total. The van der Waals surface area contributed by atoms with Gasteiger partial charge in [-0.1, -0.05) is 0 Å². The Balaban J connectivity index is 2.43. The molecule has 1 unspecified atom stereocenters. The van der Waals surface area contributed by atoms with E-state index >= 15 is 0 Å². The molecular formula is C13H14N4O3. The summed E-state index contributed by atoms with van der Waals surface area (Å²) >= 11 is 0. The molecule has 1 atom stereocenters. The highest BCUT2D eigenvalue weighted by atomic mass is 16.6. The number of fused-ring (bicyclic) bond motifs is 1. The van der Waals surface area contributed by atoms with Crippen LogP contribution in [-0.2, 0) is 4.79 Å². The van der Waals surface area contributed by atoms with E-state index in [1.807, 2.05) is 6.92 Å². The van der Waals surface area contributed by atoms with E-state index in [2.05, 4.69) is 10.3 Å². The van der Waals surface area contributed by atoms with Crippen molar-refractivity contribution in [2.24, 2.45) is 5.73 Å². The maximum Gasteiger partial charge on any atom is 0.295 e. The van der Waals surface area contributed by atoms with Crippen LogP contribution in [0.2, 0.25) is 0 Å². The molecule has 3 N–H and O–H groups in total. The highest BCUT2D eigenvalue weighted by molar-refractivity contribution is 5.97. The van der Waals surface area contributed by atoms with Crippen molar-refractivity contribution in [3.8, 4) is 0 Å². The van der Waals surface area contributed by atoms with Crippen LogP contribution >= 0.6 is 0 Å². The van der Waals surface area contributed by atoms with E-state index < -0.39 is 10.8 Å². The summed E-state index contributed by atoms with van der Waals surface area (Å²) < 4.78 is 0. The minimum absolute atomic E-state index is 0.0475. The number of nitrogens with one attached hydrogen (secondary N) is 1. The molecule has 0 saturated heterocycles. The van der Waals surface area contributed by atoms with Crippen LogP contribution in [0.3, 0.4) is 0 Å². The molecule has 2 rings (SSSR count). The van der Waals surface area contributed by atoms with E-state index in [1.54, 1.807) is 18.2 Å². The third-order valence-corrected chi connectivity index (χ3v) is 2.85. The predicted octanol–water partition coefficient (Wildman–Crippen LogP) is 1.82. The molecule has 1 amide bonds. The van der Waals surface area contributed by atoms with Crippen LogP contribution in [0, 0.1) is 10.1 Å². The average Bonchev–Trinajstić information content (AvgIpc) is 2.37. The van der Waals surface area contributed by atoms with Gasteiger partial charge in [0.2, 0.25) is 5.91 Å². The molecule has 0 aliphatic carbocycles. The van der Waals surface area contributed by atoms with Gasteiger partial charge in [0.25, 0.3) is 5.69 Å². The summed E-state index contributed by atoms with van der Waals surface area (Å²) in [7, 11) is 0. The number of pyridine rings is 1. The standard InChI is InChI=1S/C13H14N4O3/c1-8(7-12(14)18)16-10-4-5-11(17(19)20)13-9(10)3-2-6-15-13/h2-6,8,16H,7H2,1H3,(H2,14,18). The van der Waals surface area contributed by atoms with Crippen LogP contribution in [0.1, 0.15) is 13.3 Å². The summed E-state index contributed by atoms with van der Waals surface area (Å²) in [6.07, 6.45) is 1.69. The average molecular weight is 274 g/mol. The van der Waals surface area contributed by atoms with E-state index in [0.29, 0.717) is 16.6 Å². The molecule has 104 valence electrons. The number of nitrogens with two attached hydrogens (primary N) is 1. The number of hydrogen-bond acceptors (Lipinski definition) is 5. The Morgan fingerprint density at radius 3 is 2.90 bits per heavy atom. The fourth-order valence-corrected chi connectivity index (χ4v) is 2.05. The SMILES string of the molecule is CC(CC(N)=O)Nc1ccc([N+](=O)[O-])c2ncccc12. The summed E-state index contributed by atoms with van der Waals surface area (Å²) in [5, 5.41) is 14.7. The summed E-state index contributed by atoms with van der Waals surface area (Å²) in [6.45, 7) is 1.81. The Morgan fingerprint density at radius 1 is 1.50 bits per heavy atom. The lowest BCUT2D eigenvalue weighted by molar-refractivity contribution is -0.383. The monoisotopic (exact) mass is 274 g/mol. The zero-order valence-electron chi connectivity index (χ0n) is 10.9. The number of nitro groups is 1. The first-order chi connectivity index (χ1) is 9.49. The van der Waals surface area contributed by atoms with Crippen LogP contribution in [0.4, 0.5) is 11.4 Å². The molecule has 0 radical (unpaired) electrons. The molecule has 1 aromatic carbocycles. The molecule has 20 heavy (non-hydrogen) atoms. The lowest BCUT2D eigenvalue weighted by Crippen LogP contribution is -2.24. The maximum atomic E-state index is 11.0. The summed E-state index contributed by atoms with van der Waals surface area (Å²) in [5.74, 6) is -0.408. The quantitative estimate of drug-likeness (QED) is 0.638. The van der Waals surface area contributed by atoms with E-state index in [1.165, 1.54) is 12.3 Å². The van der Waals surface area contributed by atoms with Crippen LogP contribution in [-0.4, -0.2) is 21.9 Å². The van der Waals surface area contributed by atoms with Gasteiger partial charge in [-0.15, -0.1) is 0 Å². The van der Waals surface area contributed by atoms with Gasteiger partial charge in [0, 0.05) is 35.8 Å². The number of primary amides is 1. The first-order valence-electron chi connectivity index (χ1n) is 6.06. The molecule has 7 heteroatoms. The number of benzene rings is 1. The molecule has 1 aromatic heterocycles. The number of amides is 1. The first-order valence-corrected chi connectivity index (χ1v) is 6.06. The Labute approximate surface area is 114 Å². The van der Waals surface area contributed by atoms with E-state index in [9.17, 15) is 14.9 Å². The summed E-state index contributed by atoms with van der Waals surface area (Å²) in [5.41, 5.74) is 6.10. The highest BCUT2D eigenvalue weighted by Gasteiger charge is 2.16. The van der Waals surface area contributed by atoms with Gasteiger partial charge < -0.3 is 11.1 Å². The Hall–Kier alpha value is -2.70.